The van der Waals surface area contributed by atoms with E-state index in [0.29, 0.717) is 13.1 Å². The maximum Gasteiger partial charge on any atom is 0.338 e. The van der Waals surface area contributed by atoms with Gasteiger partial charge in [-0.3, -0.25) is 4.79 Å². The van der Waals surface area contributed by atoms with Crippen LogP contribution in [-0.4, -0.2) is 56.4 Å². The van der Waals surface area contributed by atoms with E-state index < -0.39 is 28.5 Å². The number of piperidine rings is 1. The second-order valence-electron chi connectivity index (χ2n) is 6.82. The van der Waals surface area contributed by atoms with Crippen molar-refractivity contribution in [3.8, 4) is 5.75 Å². The largest absolute Gasteiger partial charge is 0.495 e. The molecule has 1 aliphatic heterocycles. The summed E-state index contributed by atoms with van der Waals surface area (Å²) in [5.74, 6) is -1.17. The van der Waals surface area contributed by atoms with Crippen LogP contribution in [0.1, 0.15) is 29.6 Å². The van der Waals surface area contributed by atoms with E-state index in [4.69, 9.17) is 21.1 Å². The highest BCUT2D eigenvalue weighted by molar-refractivity contribution is 7.89. The normalized spacial score (nSPS) is 14.6. The van der Waals surface area contributed by atoms with Crippen molar-refractivity contribution in [1.29, 1.82) is 0 Å². The predicted octanol–water partition coefficient (Wildman–Crippen LogP) is 2.71. The summed E-state index contributed by atoms with van der Waals surface area (Å²) in [6.07, 6.45) is 3.93. The quantitative estimate of drug-likeness (QED) is 0.491. The van der Waals surface area contributed by atoms with Crippen LogP contribution in [-0.2, 0) is 19.6 Å². The molecule has 0 saturated carbocycles. The third-order valence-electron chi connectivity index (χ3n) is 4.68. The lowest BCUT2D eigenvalue weighted by Crippen LogP contribution is -2.35. The van der Waals surface area contributed by atoms with Crippen molar-refractivity contribution in [2.75, 3.05) is 32.1 Å². The van der Waals surface area contributed by atoms with E-state index in [0.717, 1.165) is 19.3 Å². The van der Waals surface area contributed by atoms with E-state index in [9.17, 15) is 18.0 Å². The number of hydrogen-bond donors (Lipinski definition) is 1. The third-order valence-corrected chi connectivity index (χ3v) is 6.80. The summed E-state index contributed by atoms with van der Waals surface area (Å²) >= 11 is 5.73. The van der Waals surface area contributed by atoms with Gasteiger partial charge in [0.2, 0.25) is 10.0 Å². The van der Waals surface area contributed by atoms with Gasteiger partial charge in [-0.05, 0) is 43.2 Å². The van der Waals surface area contributed by atoms with Crippen LogP contribution in [0.15, 0.2) is 41.4 Å². The summed E-state index contributed by atoms with van der Waals surface area (Å²) < 4.78 is 37.7. The van der Waals surface area contributed by atoms with Crippen LogP contribution in [0.2, 0.25) is 5.15 Å². The molecule has 2 heterocycles. The minimum atomic E-state index is -3.78. The van der Waals surface area contributed by atoms with Crippen molar-refractivity contribution >= 4 is 39.2 Å². The molecule has 0 aliphatic carbocycles. The van der Waals surface area contributed by atoms with Gasteiger partial charge in [-0.2, -0.15) is 4.31 Å². The number of pyridine rings is 1. The molecule has 1 amide bonds. The molecular weight excluding hydrogens is 446 g/mol. The number of carbonyl (C=O) groups excluding carboxylic acids is 2. The second kappa shape index (κ2) is 10.1. The number of halogens is 1. The summed E-state index contributed by atoms with van der Waals surface area (Å²) in [7, 11) is -2.39. The van der Waals surface area contributed by atoms with Gasteiger partial charge in [0.05, 0.1) is 12.7 Å². The van der Waals surface area contributed by atoms with E-state index in [1.165, 1.54) is 47.9 Å². The molecule has 1 saturated heterocycles. The number of carbonyl (C=O) groups is 2. The minimum absolute atomic E-state index is 0.0295. The van der Waals surface area contributed by atoms with Crippen LogP contribution in [0.3, 0.4) is 0 Å². The Morgan fingerprint density at radius 2 is 1.90 bits per heavy atom. The standard InChI is InChI=1S/C20H22ClN3O6S/c1-29-16-6-5-15(12-17(16)31(27,28)24-9-3-2-4-10-24)23-19(25)13-30-20(26)14-7-8-22-18(21)11-14/h5-8,11-12H,2-4,9-10,13H2,1H3,(H,23,25). The number of anilines is 1. The van der Waals surface area contributed by atoms with Crippen LogP contribution < -0.4 is 10.1 Å². The van der Waals surface area contributed by atoms with Gasteiger partial charge in [0, 0.05) is 25.0 Å². The Morgan fingerprint density at radius 1 is 1.16 bits per heavy atom. The third kappa shape index (κ3) is 5.72. The molecule has 1 N–H and O–H groups in total. The van der Waals surface area contributed by atoms with Crippen LogP contribution >= 0.6 is 11.6 Å². The zero-order valence-electron chi connectivity index (χ0n) is 16.8. The molecule has 0 unspecified atom stereocenters. The van der Waals surface area contributed by atoms with Crippen LogP contribution in [0.4, 0.5) is 5.69 Å². The molecule has 3 rings (SSSR count). The van der Waals surface area contributed by atoms with Gasteiger partial charge in [0.25, 0.3) is 5.91 Å². The summed E-state index contributed by atoms with van der Waals surface area (Å²) in [6.45, 7) is 0.326. The van der Waals surface area contributed by atoms with Gasteiger partial charge < -0.3 is 14.8 Å². The van der Waals surface area contributed by atoms with Crippen molar-refractivity contribution in [3.05, 3.63) is 47.2 Å². The summed E-state index contributed by atoms with van der Waals surface area (Å²) in [5.41, 5.74) is 0.400. The van der Waals surface area contributed by atoms with Crippen molar-refractivity contribution in [1.82, 2.24) is 9.29 Å². The Hall–Kier alpha value is -2.69. The first-order chi connectivity index (χ1) is 14.8. The molecule has 9 nitrogen and oxygen atoms in total. The molecule has 0 bridgehead atoms. The lowest BCUT2D eigenvalue weighted by atomic mass is 10.2. The number of amides is 1. The fourth-order valence-electron chi connectivity index (χ4n) is 3.14. The smallest absolute Gasteiger partial charge is 0.338 e. The lowest BCUT2D eigenvalue weighted by molar-refractivity contribution is -0.119. The van der Waals surface area contributed by atoms with Crippen molar-refractivity contribution in [2.45, 2.75) is 24.2 Å². The molecule has 31 heavy (non-hydrogen) atoms. The Kier molecular flexibility index (Phi) is 7.47. The fraction of sp³-hybridized carbons (Fsp3) is 0.350. The number of ether oxygens (including phenoxy) is 2. The Labute approximate surface area is 185 Å². The van der Waals surface area contributed by atoms with Crippen molar-refractivity contribution in [2.24, 2.45) is 0 Å². The molecule has 0 atom stereocenters. The highest BCUT2D eigenvalue weighted by Crippen LogP contribution is 2.31. The summed E-state index contributed by atoms with van der Waals surface area (Å²) in [6, 6.07) is 7.05. The number of nitrogens with one attached hydrogen (secondary N) is 1. The summed E-state index contributed by atoms with van der Waals surface area (Å²) in [5, 5.41) is 2.66. The van der Waals surface area contributed by atoms with E-state index in [1.807, 2.05) is 0 Å². The second-order valence-corrected chi connectivity index (χ2v) is 9.12. The molecule has 1 fully saturated rings. The Balaban J connectivity index is 1.69. The first kappa shape index (κ1) is 23.0. The molecule has 166 valence electrons. The van der Waals surface area contributed by atoms with Crippen molar-refractivity contribution < 1.29 is 27.5 Å². The maximum atomic E-state index is 13.1. The maximum absolute atomic E-state index is 13.1. The molecule has 1 aliphatic rings. The zero-order chi connectivity index (χ0) is 22.4. The van der Waals surface area contributed by atoms with Crippen LogP contribution in [0, 0.1) is 0 Å². The average molecular weight is 468 g/mol. The topological polar surface area (TPSA) is 115 Å². The number of hydrogen-bond acceptors (Lipinski definition) is 7. The van der Waals surface area contributed by atoms with E-state index >= 15 is 0 Å². The number of esters is 1. The van der Waals surface area contributed by atoms with Crippen molar-refractivity contribution in [3.63, 3.8) is 0 Å². The fourth-order valence-corrected chi connectivity index (χ4v) is 5.01. The number of aromatic nitrogens is 1. The van der Waals surface area contributed by atoms with Crippen LogP contribution in [0.25, 0.3) is 0 Å². The van der Waals surface area contributed by atoms with Gasteiger partial charge in [-0.15, -0.1) is 0 Å². The number of sulfonamides is 1. The Bertz CT molecular complexity index is 1070. The number of nitrogens with zero attached hydrogens (tertiary/aromatic N) is 2. The van der Waals surface area contributed by atoms with Gasteiger partial charge in [-0.25, -0.2) is 18.2 Å². The van der Waals surface area contributed by atoms with E-state index in [2.05, 4.69) is 10.3 Å². The highest BCUT2D eigenvalue weighted by Gasteiger charge is 2.29. The highest BCUT2D eigenvalue weighted by atomic mass is 35.5. The molecule has 11 heteroatoms. The monoisotopic (exact) mass is 467 g/mol. The predicted molar refractivity (Wildman–Crippen MR) is 114 cm³/mol. The average Bonchev–Trinajstić information content (AvgIpc) is 2.78. The number of rotatable bonds is 7. The lowest BCUT2D eigenvalue weighted by Gasteiger charge is -2.26. The first-order valence-electron chi connectivity index (χ1n) is 9.58. The minimum Gasteiger partial charge on any atom is -0.495 e. The molecular formula is C20H22ClN3O6S. The van der Waals surface area contributed by atoms with Gasteiger partial charge in [0.1, 0.15) is 15.8 Å². The summed E-state index contributed by atoms with van der Waals surface area (Å²) in [4.78, 5) is 28.0. The molecule has 1 aromatic heterocycles. The molecule has 0 spiro atoms. The molecule has 2 aromatic rings. The first-order valence-corrected chi connectivity index (χ1v) is 11.4. The molecule has 1 aromatic carbocycles. The molecule has 0 radical (unpaired) electrons. The van der Waals surface area contributed by atoms with Crippen LogP contribution in [0.5, 0.6) is 5.75 Å². The zero-order valence-corrected chi connectivity index (χ0v) is 18.4. The number of methoxy groups -OCH3 is 1. The van der Waals surface area contributed by atoms with Gasteiger partial charge in [0.15, 0.2) is 6.61 Å². The van der Waals surface area contributed by atoms with Gasteiger partial charge in [-0.1, -0.05) is 18.0 Å². The Morgan fingerprint density at radius 3 is 2.58 bits per heavy atom. The number of benzene rings is 1. The van der Waals surface area contributed by atoms with Gasteiger partial charge >= 0.3 is 5.97 Å². The van der Waals surface area contributed by atoms with E-state index in [1.54, 1.807) is 0 Å². The SMILES string of the molecule is COc1ccc(NC(=O)COC(=O)c2ccnc(Cl)c2)cc1S(=O)(=O)N1CCCCC1. The van der Waals surface area contributed by atoms with E-state index in [-0.39, 0.29) is 27.0 Å².